The van der Waals surface area contributed by atoms with Crippen molar-refractivity contribution < 1.29 is 9.59 Å². The van der Waals surface area contributed by atoms with E-state index in [2.05, 4.69) is 10.6 Å². The molecule has 0 saturated carbocycles. The number of nitrogens with one attached hydrogen (secondary N) is 2. The first-order valence-corrected chi connectivity index (χ1v) is 6.21. The summed E-state index contributed by atoms with van der Waals surface area (Å²) < 4.78 is 0. The molecular weight excluding hydrogens is 228 g/mol. The number of anilines is 1. The van der Waals surface area contributed by atoms with E-state index in [0.29, 0.717) is 30.1 Å². The molecule has 0 atom stereocenters. The fourth-order valence-electron chi connectivity index (χ4n) is 1.55. The molecular formula is C14H20N2O2. The van der Waals surface area contributed by atoms with E-state index in [-0.39, 0.29) is 11.8 Å². The van der Waals surface area contributed by atoms with E-state index in [1.165, 1.54) is 0 Å². The minimum absolute atomic E-state index is 0.00393. The summed E-state index contributed by atoms with van der Waals surface area (Å²) >= 11 is 0. The van der Waals surface area contributed by atoms with E-state index < -0.39 is 0 Å². The van der Waals surface area contributed by atoms with Gasteiger partial charge in [-0.25, -0.2) is 0 Å². The molecule has 18 heavy (non-hydrogen) atoms. The van der Waals surface area contributed by atoms with Crippen LogP contribution in [0, 0.1) is 5.92 Å². The summed E-state index contributed by atoms with van der Waals surface area (Å²) in [4.78, 5) is 23.1. The van der Waals surface area contributed by atoms with Crippen LogP contribution in [0.2, 0.25) is 0 Å². The quantitative estimate of drug-likeness (QED) is 0.840. The molecule has 0 saturated heterocycles. The van der Waals surface area contributed by atoms with Crippen LogP contribution in [0.4, 0.5) is 5.69 Å². The van der Waals surface area contributed by atoms with Crippen LogP contribution in [-0.4, -0.2) is 18.4 Å². The lowest BCUT2D eigenvalue weighted by molar-refractivity contribution is -0.116. The number of rotatable bonds is 5. The second-order valence-electron chi connectivity index (χ2n) is 4.58. The van der Waals surface area contributed by atoms with Gasteiger partial charge in [0.05, 0.1) is 0 Å². The Morgan fingerprint density at radius 2 is 1.78 bits per heavy atom. The molecule has 0 bridgehead atoms. The third-order valence-electron chi connectivity index (χ3n) is 2.36. The van der Waals surface area contributed by atoms with Gasteiger partial charge in [0.25, 0.3) is 5.91 Å². The Bertz CT molecular complexity index is 410. The van der Waals surface area contributed by atoms with Gasteiger partial charge in [-0.1, -0.05) is 13.8 Å². The minimum Gasteiger partial charge on any atom is -0.352 e. The van der Waals surface area contributed by atoms with E-state index >= 15 is 0 Å². The van der Waals surface area contributed by atoms with Gasteiger partial charge >= 0.3 is 0 Å². The SMILES string of the molecule is CCNC(=O)c1ccc(NC(=O)CC(C)C)cc1. The molecule has 0 aliphatic rings. The summed E-state index contributed by atoms with van der Waals surface area (Å²) in [6.07, 6.45) is 0.498. The van der Waals surface area contributed by atoms with Gasteiger partial charge in [-0.3, -0.25) is 9.59 Å². The lowest BCUT2D eigenvalue weighted by atomic mass is 10.1. The van der Waals surface area contributed by atoms with Gasteiger partial charge in [0.15, 0.2) is 0 Å². The maximum Gasteiger partial charge on any atom is 0.251 e. The molecule has 0 heterocycles. The molecule has 4 nitrogen and oxygen atoms in total. The van der Waals surface area contributed by atoms with Gasteiger partial charge < -0.3 is 10.6 Å². The van der Waals surface area contributed by atoms with Gasteiger partial charge in [-0.2, -0.15) is 0 Å². The molecule has 98 valence electrons. The average molecular weight is 248 g/mol. The van der Waals surface area contributed by atoms with Crippen molar-refractivity contribution in [2.24, 2.45) is 5.92 Å². The highest BCUT2D eigenvalue weighted by Crippen LogP contribution is 2.11. The van der Waals surface area contributed by atoms with Crippen molar-refractivity contribution in [3.63, 3.8) is 0 Å². The smallest absolute Gasteiger partial charge is 0.251 e. The Balaban J connectivity index is 2.60. The number of hydrogen-bond donors (Lipinski definition) is 2. The lowest BCUT2D eigenvalue weighted by Crippen LogP contribution is -2.22. The molecule has 0 aliphatic carbocycles. The molecule has 1 aromatic rings. The van der Waals surface area contributed by atoms with Crippen LogP contribution in [0.3, 0.4) is 0 Å². The molecule has 1 rings (SSSR count). The van der Waals surface area contributed by atoms with Gasteiger partial charge in [0.1, 0.15) is 0 Å². The molecule has 0 aliphatic heterocycles. The van der Waals surface area contributed by atoms with Gasteiger partial charge in [0.2, 0.25) is 5.91 Å². The van der Waals surface area contributed by atoms with E-state index in [4.69, 9.17) is 0 Å². The second-order valence-corrected chi connectivity index (χ2v) is 4.58. The van der Waals surface area contributed by atoms with Crippen molar-refractivity contribution in [3.05, 3.63) is 29.8 Å². The number of carbonyl (C=O) groups is 2. The van der Waals surface area contributed by atoms with Crippen LogP contribution in [0.25, 0.3) is 0 Å². The Kier molecular flexibility index (Phi) is 5.36. The standard InChI is InChI=1S/C14H20N2O2/c1-4-15-14(18)11-5-7-12(8-6-11)16-13(17)9-10(2)3/h5-8,10H,4,9H2,1-3H3,(H,15,18)(H,16,17). The molecule has 2 amide bonds. The highest BCUT2D eigenvalue weighted by atomic mass is 16.2. The summed E-state index contributed by atoms with van der Waals surface area (Å²) in [7, 11) is 0. The van der Waals surface area contributed by atoms with Crippen molar-refractivity contribution in [2.75, 3.05) is 11.9 Å². The minimum atomic E-state index is -0.0995. The van der Waals surface area contributed by atoms with Crippen LogP contribution in [0.1, 0.15) is 37.6 Å². The number of carbonyl (C=O) groups excluding carboxylic acids is 2. The Morgan fingerprint density at radius 1 is 1.17 bits per heavy atom. The Labute approximate surface area is 108 Å². The van der Waals surface area contributed by atoms with Crippen molar-refractivity contribution in [1.29, 1.82) is 0 Å². The van der Waals surface area contributed by atoms with Crippen LogP contribution in [-0.2, 0) is 4.79 Å². The third kappa shape index (κ3) is 4.57. The highest BCUT2D eigenvalue weighted by Gasteiger charge is 2.07. The molecule has 0 fully saturated rings. The van der Waals surface area contributed by atoms with E-state index in [0.717, 1.165) is 0 Å². The Hall–Kier alpha value is -1.84. The number of benzene rings is 1. The van der Waals surface area contributed by atoms with Crippen molar-refractivity contribution >= 4 is 17.5 Å². The topological polar surface area (TPSA) is 58.2 Å². The fraction of sp³-hybridized carbons (Fsp3) is 0.429. The van der Waals surface area contributed by atoms with E-state index in [1.807, 2.05) is 20.8 Å². The maximum atomic E-state index is 11.6. The normalized spacial score (nSPS) is 10.2. The molecule has 0 unspecified atom stereocenters. The molecule has 0 aromatic heterocycles. The zero-order valence-corrected chi connectivity index (χ0v) is 11.1. The predicted octanol–water partition coefficient (Wildman–Crippen LogP) is 2.42. The van der Waals surface area contributed by atoms with Gasteiger partial charge in [-0.05, 0) is 37.1 Å². The monoisotopic (exact) mass is 248 g/mol. The second kappa shape index (κ2) is 6.79. The average Bonchev–Trinajstić information content (AvgIpc) is 2.29. The number of amides is 2. The zero-order valence-electron chi connectivity index (χ0n) is 11.1. The van der Waals surface area contributed by atoms with E-state index in [1.54, 1.807) is 24.3 Å². The molecule has 2 N–H and O–H groups in total. The molecule has 0 spiro atoms. The first-order valence-electron chi connectivity index (χ1n) is 6.21. The van der Waals surface area contributed by atoms with Crippen molar-refractivity contribution in [1.82, 2.24) is 5.32 Å². The summed E-state index contributed by atoms with van der Waals surface area (Å²) in [6.45, 7) is 6.47. The van der Waals surface area contributed by atoms with Crippen LogP contribution >= 0.6 is 0 Å². The molecule has 4 heteroatoms. The zero-order chi connectivity index (χ0) is 13.5. The lowest BCUT2D eigenvalue weighted by Gasteiger charge is -2.08. The summed E-state index contributed by atoms with van der Waals surface area (Å²) in [6, 6.07) is 6.89. The largest absolute Gasteiger partial charge is 0.352 e. The van der Waals surface area contributed by atoms with E-state index in [9.17, 15) is 9.59 Å². The first-order chi connectivity index (χ1) is 8.52. The van der Waals surface area contributed by atoms with Gasteiger partial charge in [0, 0.05) is 24.2 Å². The van der Waals surface area contributed by atoms with Gasteiger partial charge in [-0.15, -0.1) is 0 Å². The van der Waals surface area contributed by atoms with Crippen molar-refractivity contribution in [3.8, 4) is 0 Å². The fourth-order valence-corrected chi connectivity index (χ4v) is 1.55. The van der Waals surface area contributed by atoms with Crippen molar-refractivity contribution in [2.45, 2.75) is 27.2 Å². The highest BCUT2D eigenvalue weighted by molar-refractivity contribution is 5.95. The van der Waals surface area contributed by atoms with Crippen LogP contribution in [0.5, 0.6) is 0 Å². The maximum absolute atomic E-state index is 11.6. The summed E-state index contributed by atoms with van der Waals surface area (Å²) in [5.41, 5.74) is 1.31. The summed E-state index contributed by atoms with van der Waals surface area (Å²) in [5, 5.41) is 5.52. The third-order valence-corrected chi connectivity index (χ3v) is 2.36. The Morgan fingerprint density at radius 3 is 2.28 bits per heavy atom. The predicted molar refractivity (Wildman–Crippen MR) is 72.5 cm³/mol. The molecule has 1 aromatic carbocycles. The van der Waals surface area contributed by atoms with Crippen LogP contribution in [0.15, 0.2) is 24.3 Å². The molecule has 0 radical (unpaired) electrons. The first kappa shape index (κ1) is 14.2. The summed E-state index contributed by atoms with van der Waals surface area (Å²) in [5.74, 6) is 0.230. The van der Waals surface area contributed by atoms with Crippen LogP contribution < -0.4 is 10.6 Å². The number of hydrogen-bond acceptors (Lipinski definition) is 2.